The third kappa shape index (κ3) is 1.54. The van der Waals surface area contributed by atoms with Gasteiger partial charge in [-0.25, -0.2) is 0 Å². The van der Waals surface area contributed by atoms with Crippen molar-refractivity contribution in [3.8, 4) is 6.07 Å². The molecule has 0 unspecified atom stereocenters. The second kappa shape index (κ2) is 3.63. The van der Waals surface area contributed by atoms with E-state index >= 15 is 0 Å². The van der Waals surface area contributed by atoms with E-state index in [0.29, 0.717) is 11.1 Å². The fourth-order valence-corrected chi connectivity index (χ4v) is 1.65. The Morgan fingerprint density at radius 3 is 2.79 bits per heavy atom. The van der Waals surface area contributed by atoms with E-state index in [4.69, 9.17) is 5.26 Å². The number of benzene rings is 1. The lowest BCUT2D eigenvalue weighted by Crippen LogP contribution is -2.21. The van der Waals surface area contributed by atoms with E-state index in [2.05, 4.69) is 0 Å². The second-order valence-corrected chi connectivity index (χ2v) is 3.68. The van der Waals surface area contributed by atoms with Gasteiger partial charge in [0.2, 0.25) is 0 Å². The van der Waals surface area contributed by atoms with E-state index in [1.54, 1.807) is 24.3 Å². The Morgan fingerprint density at radius 1 is 1.43 bits per heavy atom. The highest BCUT2D eigenvalue weighted by Crippen LogP contribution is 2.29. The molecular formula is C12H11NO. The maximum absolute atomic E-state index is 11.8. The van der Waals surface area contributed by atoms with Crippen molar-refractivity contribution in [2.45, 2.75) is 19.3 Å². The van der Waals surface area contributed by atoms with Crippen molar-refractivity contribution in [2.75, 3.05) is 0 Å². The summed E-state index contributed by atoms with van der Waals surface area (Å²) in [5, 5.41) is 8.69. The van der Waals surface area contributed by atoms with E-state index in [0.717, 1.165) is 19.3 Å². The molecule has 0 amide bonds. The maximum Gasteiger partial charge on any atom is 0.165 e. The summed E-state index contributed by atoms with van der Waals surface area (Å²) in [6.07, 6.45) is 3.18. The molecule has 1 aliphatic carbocycles. The Kier molecular flexibility index (Phi) is 2.32. The van der Waals surface area contributed by atoms with Crippen molar-refractivity contribution < 1.29 is 4.79 Å². The molecule has 0 atom stereocenters. The molecular weight excluding hydrogens is 174 g/mol. The van der Waals surface area contributed by atoms with E-state index < -0.39 is 0 Å². The number of Topliss-reactive ketones (excluding diaryl/α,β-unsaturated/α-hetero) is 1. The second-order valence-electron chi connectivity index (χ2n) is 3.68. The number of nitriles is 1. The van der Waals surface area contributed by atoms with Crippen molar-refractivity contribution in [3.05, 3.63) is 35.4 Å². The molecule has 0 heterocycles. The molecule has 0 spiro atoms. The lowest BCUT2D eigenvalue weighted by molar-refractivity contribution is 0.0855. The molecule has 70 valence electrons. The highest BCUT2D eigenvalue weighted by molar-refractivity contribution is 5.98. The lowest BCUT2D eigenvalue weighted by Gasteiger charge is -2.23. The topological polar surface area (TPSA) is 40.9 Å². The zero-order valence-corrected chi connectivity index (χ0v) is 7.86. The monoisotopic (exact) mass is 185 g/mol. The van der Waals surface area contributed by atoms with Gasteiger partial charge in [0.1, 0.15) is 0 Å². The first-order valence-corrected chi connectivity index (χ1v) is 4.85. The fraction of sp³-hybridized carbons (Fsp3) is 0.333. The number of carbonyl (C=O) groups excluding carboxylic acids is 1. The Labute approximate surface area is 83.2 Å². The third-order valence-corrected chi connectivity index (χ3v) is 2.75. The maximum atomic E-state index is 11.8. The number of hydrogen-bond donors (Lipinski definition) is 0. The molecule has 0 N–H and O–H groups in total. The summed E-state index contributed by atoms with van der Waals surface area (Å²) < 4.78 is 0. The molecule has 0 radical (unpaired) electrons. The summed E-state index contributed by atoms with van der Waals surface area (Å²) >= 11 is 0. The fourth-order valence-electron chi connectivity index (χ4n) is 1.65. The molecule has 0 bridgehead atoms. The number of rotatable bonds is 2. The first-order chi connectivity index (χ1) is 6.81. The molecule has 2 heteroatoms. The van der Waals surface area contributed by atoms with Gasteiger partial charge in [-0.1, -0.05) is 18.6 Å². The highest BCUT2D eigenvalue weighted by Gasteiger charge is 2.25. The van der Waals surface area contributed by atoms with Crippen LogP contribution in [0.2, 0.25) is 0 Å². The van der Waals surface area contributed by atoms with Crippen LogP contribution in [0.5, 0.6) is 0 Å². The standard InChI is InChI=1S/C12H11NO/c13-8-9-3-1-6-11(7-9)12(14)10-4-2-5-10/h1,3,6-7,10H,2,4-5H2. The molecule has 1 aliphatic rings. The predicted octanol–water partition coefficient (Wildman–Crippen LogP) is 2.54. The minimum absolute atomic E-state index is 0.202. The zero-order valence-electron chi connectivity index (χ0n) is 7.86. The summed E-state index contributed by atoms with van der Waals surface area (Å²) in [6.45, 7) is 0. The van der Waals surface area contributed by atoms with Crippen LogP contribution in [-0.2, 0) is 0 Å². The largest absolute Gasteiger partial charge is 0.294 e. The smallest absolute Gasteiger partial charge is 0.165 e. The molecule has 2 nitrogen and oxygen atoms in total. The minimum Gasteiger partial charge on any atom is -0.294 e. The van der Waals surface area contributed by atoms with Gasteiger partial charge in [-0.15, -0.1) is 0 Å². The first kappa shape index (κ1) is 8.96. The molecule has 1 aromatic rings. The molecule has 0 aliphatic heterocycles. The Morgan fingerprint density at radius 2 is 2.21 bits per heavy atom. The van der Waals surface area contributed by atoms with Gasteiger partial charge in [0, 0.05) is 11.5 Å². The van der Waals surface area contributed by atoms with E-state index in [1.807, 2.05) is 6.07 Å². The van der Waals surface area contributed by atoms with Crippen LogP contribution in [0.15, 0.2) is 24.3 Å². The van der Waals surface area contributed by atoms with Crippen molar-refractivity contribution in [1.29, 1.82) is 5.26 Å². The predicted molar refractivity (Wildman–Crippen MR) is 52.8 cm³/mol. The van der Waals surface area contributed by atoms with Gasteiger partial charge in [0.25, 0.3) is 0 Å². The molecule has 2 rings (SSSR count). The van der Waals surface area contributed by atoms with Crippen LogP contribution in [0, 0.1) is 17.2 Å². The van der Waals surface area contributed by atoms with Crippen LogP contribution >= 0.6 is 0 Å². The number of hydrogen-bond acceptors (Lipinski definition) is 2. The third-order valence-electron chi connectivity index (χ3n) is 2.75. The van der Waals surface area contributed by atoms with E-state index in [9.17, 15) is 4.79 Å². The van der Waals surface area contributed by atoms with Crippen LogP contribution in [0.3, 0.4) is 0 Å². The van der Waals surface area contributed by atoms with Gasteiger partial charge >= 0.3 is 0 Å². The van der Waals surface area contributed by atoms with Gasteiger partial charge in [-0.05, 0) is 25.0 Å². The summed E-state index contributed by atoms with van der Waals surface area (Å²) in [5.74, 6) is 0.414. The average Bonchev–Trinajstić information content (AvgIpc) is 2.15. The molecule has 1 saturated carbocycles. The Hall–Kier alpha value is -1.62. The molecule has 1 fully saturated rings. The number of ketones is 1. The van der Waals surface area contributed by atoms with Gasteiger partial charge in [-0.3, -0.25) is 4.79 Å². The average molecular weight is 185 g/mol. The summed E-state index contributed by atoms with van der Waals surface area (Å²) in [7, 11) is 0. The molecule has 0 saturated heterocycles. The highest BCUT2D eigenvalue weighted by atomic mass is 16.1. The molecule has 0 aromatic heterocycles. The molecule has 1 aromatic carbocycles. The Balaban J connectivity index is 2.23. The minimum atomic E-state index is 0.202. The van der Waals surface area contributed by atoms with Crippen LogP contribution in [0.4, 0.5) is 0 Å². The SMILES string of the molecule is N#Cc1cccc(C(=O)C2CCC2)c1. The summed E-state index contributed by atoms with van der Waals surface area (Å²) in [4.78, 5) is 11.8. The normalized spacial score (nSPS) is 15.6. The van der Waals surface area contributed by atoms with E-state index in [1.165, 1.54) is 0 Å². The summed E-state index contributed by atoms with van der Waals surface area (Å²) in [5.41, 5.74) is 1.25. The van der Waals surface area contributed by atoms with E-state index in [-0.39, 0.29) is 11.7 Å². The van der Waals surface area contributed by atoms with Crippen molar-refractivity contribution in [3.63, 3.8) is 0 Å². The molecule has 14 heavy (non-hydrogen) atoms. The van der Waals surface area contributed by atoms with Gasteiger partial charge in [-0.2, -0.15) is 5.26 Å². The zero-order chi connectivity index (χ0) is 9.97. The van der Waals surface area contributed by atoms with Gasteiger partial charge < -0.3 is 0 Å². The first-order valence-electron chi connectivity index (χ1n) is 4.85. The quantitative estimate of drug-likeness (QED) is 0.664. The number of nitrogens with zero attached hydrogens (tertiary/aromatic N) is 1. The van der Waals surface area contributed by atoms with Crippen LogP contribution in [0.25, 0.3) is 0 Å². The van der Waals surface area contributed by atoms with Crippen LogP contribution in [-0.4, -0.2) is 5.78 Å². The van der Waals surface area contributed by atoms with Gasteiger partial charge in [0.15, 0.2) is 5.78 Å². The van der Waals surface area contributed by atoms with Crippen molar-refractivity contribution >= 4 is 5.78 Å². The van der Waals surface area contributed by atoms with Gasteiger partial charge in [0.05, 0.1) is 11.6 Å². The van der Waals surface area contributed by atoms with Crippen LogP contribution in [0.1, 0.15) is 35.2 Å². The van der Waals surface area contributed by atoms with Crippen molar-refractivity contribution in [2.24, 2.45) is 5.92 Å². The van der Waals surface area contributed by atoms with Crippen molar-refractivity contribution in [1.82, 2.24) is 0 Å². The lowest BCUT2D eigenvalue weighted by atomic mass is 9.80. The summed E-state index contributed by atoms with van der Waals surface area (Å²) in [6, 6.07) is 9.01. The Bertz CT molecular complexity index is 399. The number of carbonyl (C=O) groups is 1. The van der Waals surface area contributed by atoms with Crippen LogP contribution < -0.4 is 0 Å².